The molecule has 0 aliphatic rings. The smallest absolute Gasteiger partial charge is 0.338 e. The SMILES string of the molecule is CN(Cc1ccsc1)C(=O)COC(=O)c1ccc(Cn2cncn2)cc1. The highest BCUT2D eigenvalue weighted by Gasteiger charge is 2.14. The number of carbonyl (C=O) groups is 2. The maximum Gasteiger partial charge on any atom is 0.338 e. The molecular weight excluding hydrogens is 352 g/mol. The number of nitrogens with zero attached hydrogens (tertiary/aromatic N) is 4. The van der Waals surface area contributed by atoms with Crippen molar-refractivity contribution in [2.24, 2.45) is 0 Å². The molecule has 0 bridgehead atoms. The lowest BCUT2D eigenvalue weighted by Crippen LogP contribution is -2.30. The van der Waals surface area contributed by atoms with Gasteiger partial charge in [-0.2, -0.15) is 16.4 Å². The number of esters is 1. The second kappa shape index (κ2) is 8.39. The zero-order valence-corrected chi connectivity index (χ0v) is 15.1. The van der Waals surface area contributed by atoms with Crippen LogP contribution >= 0.6 is 11.3 Å². The van der Waals surface area contributed by atoms with Gasteiger partial charge in [0, 0.05) is 13.6 Å². The maximum atomic E-state index is 12.1. The molecule has 2 aromatic heterocycles. The molecular formula is C18H18N4O3S. The van der Waals surface area contributed by atoms with E-state index in [0.29, 0.717) is 18.7 Å². The Morgan fingerprint density at radius 3 is 2.65 bits per heavy atom. The third-order valence-electron chi connectivity index (χ3n) is 3.75. The second-order valence-electron chi connectivity index (χ2n) is 5.75. The summed E-state index contributed by atoms with van der Waals surface area (Å²) in [5.41, 5.74) is 2.44. The Hall–Kier alpha value is -3.00. The fourth-order valence-corrected chi connectivity index (χ4v) is 2.97. The van der Waals surface area contributed by atoms with Crippen molar-refractivity contribution in [3.05, 3.63) is 70.4 Å². The average molecular weight is 370 g/mol. The molecule has 0 aliphatic carbocycles. The van der Waals surface area contributed by atoms with Gasteiger partial charge in [0.05, 0.1) is 12.1 Å². The highest BCUT2D eigenvalue weighted by Crippen LogP contribution is 2.10. The van der Waals surface area contributed by atoms with Gasteiger partial charge in [-0.05, 0) is 40.1 Å². The molecule has 2 heterocycles. The molecule has 0 atom stereocenters. The number of carbonyl (C=O) groups excluding carboxylic acids is 2. The lowest BCUT2D eigenvalue weighted by atomic mass is 10.1. The molecule has 0 saturated heterocycles. The Labute approximate surface area is 154 Å². The molecule has 8 heteroatoms. The summed E-state index contributed by atoms with van der Waals surface area (Å²) in [6.45, 7) is 0.790. The molecule has 134 valence electrons. The van der Waals surface area contributed by atoms with Gasteiger partial charge in [-0.25, -0.2) is 14.5 Å². The molecule has 26 heavy (non-hydrogen) atoms. The predicted octanol–water partition coefficient (Wildman–Crippen LogP) is 2.20. The molecule has 1 aromatic carbocycles. The summed E-state index contributed by atoms with van der Waals surface area (Å²) in [5.74, 6) is -0.762. The zero-order chi connectivity index (χ0) is 18.4. The maximum absolute atomic E-state index is 12.1. The van der Waals surface area contributed by atoms with Crippen LogP contribution in [-0.2, 0) is 22.6 Å². The fraction of sp³-hybridized carbons (Fsp3) is 0.222. The zero-order valence-electron chi connectivity index (χ0n) is 14.2. The minimum atomic E-state index is -0.519. The topological polar surface area (TPSA) is 77.3 Å². The van der Waals surface area contributed by atoms with Crippen molar-refractivity contribution in [3.63, 3.8) is 0 Å². The van der Waals surface area contributed by atoms with Crippen molar-refractivity contribution in [1.29, 1.82) is 0 Å². The van der Waals surface area contributed by atoms with Gasteiger partial charge in [0.2, 0.25) is 0 Å². The van der Waals surface area contributed by atoms with E-state index in [0.717, 1.165) is 11.1 Å². The van der Waals surface area contributed by atoms with Gasteiger partial charge >= 0.3 is 5.97 Å². The predicted molar refractivity (Wildman–Crippen MR) is 96.6 cm³/mol. The summed E-state index contributed by atoms with van der Waals surface area (Å²) < 4.78 is 6.81. The van der Waals surface area contributed by atoms with Crippen LogP contribution in [0.25, 0.3) is 0 Å². The molecule has 0 fully saturated rings. The van der Waals surface area contributed by atoms with Crippen molar-refractivity contribution in [2.45, 2.75) is 13.1 Å². The van der Waals surface area contributed by atoms with Crippen LogP contribution in [0.15, 0.2) is 53.7 Å². The number of likely N-dealkylation sites (N-methyl/N-ethyl adjacent to an activating group) is 1. The number of thiophene rings is 1. The molecule has 0 saturated carbocycles. The van der Waals surface area contributed by atoms with Crippen LogP contribution in [-0.4, -0.2) is 45.2 Å². The molecule has 7 nitrogen and oxygen atoms in total. The summed E-state index contributed by atoms with van der Waals surface area (Å²) in [5, 5.41) is 7.97. The molecule has 3 aromatic rings. The Bertz CT molecular complexity index is 845. The minimum absolute atomic E-state index is 0.243. The van der Waals surface area contributed by atoms with Gasteiger partial charge in [-0.1, -0.05) is 12.1 Å². The Morgan fingerprint density at radius 2 is 2.00 bits per heavy atom. The number of aromatic nitrogens is 3. The highest BCUT2D eigenvalue weighted by atomic mass is 32.1. The van der Waals surface area contributed by atoms with Crippen LogP contribution in [0, 0.1) is 0 Å². The summed E-state index contributed by atoms with van der Waals surface area (Å²) in [4.78, 5) is 29.6. The number of amides is 1. The third kappa shape index (κ3) is 4.76. The van der Waals surface area contributed by atoms with E-state index in [1.165, 1.54) is 11.2 Å². The van der Waals surface area contributed by atoms with E-state index < -0.39 is 5.97 Å². The Kier molecular flexibility index (Phi) is 5.75. The van der Waals surface area contributed by atoms with Gasteiger partial charge < -0.3 is 9.64 Å². The van der Waals surface area contributed by atoms with Gasteiger partial charge in [0.1, 0.15) is 12.7 Å². The number of benzene rings is 1. The van der Waals surface area contributed by atoms with E-state index in [1.807, 2.05) is 29.0 Å². The number of ether oxygens (including phenoxy) is 1. The van der Waals surface area contributed by atoms with E-state index in [1.54, 1.807) is 41.5 Å². The van der Waals surface area contributed by atoms with Crippen LogP contribution < -0.4 is 0 Å². The van der Waals surface area contributed by atoms with Gasteiger partial charge in [0.25, 0.3) is 5.91 Å². The van der Waals surface area contributed by atoms with Crippen molar-refractivity contribution in [3.8, 4) is 0 Å². The molecule has 0 aliphatic heterocycles. The van der Waals surface area contributed by atoms with Crippen molar-refractivity contribution < 1.29 is 14.3 Å². The molecule has 0 N–H and O–H groups in total. The first kappa shape index (κ1) is 17.8. The number of rotatable bonds is 7. The van der Waals surface area contributed by atoms with Crippen molar-refractivity contribution in [2.75, 3.05) is 13.7 Å². The summed E-state index contributed by atoms with van der Waals surface area (Å²) in [7, 11) is 1.69. The Morgan fingerprint density at radius 1 is 1.19 bits per heavy atom. The second-order valence-corrected chi connectivity index (χ2v) is 6.53. The first-order valence-corrected chi connectivity index (χ1v) is 8.89. The van der Waals surface area contributed by atoms with E-state index in [-0.39, 0.29) is 12.5 Å². The van der Waals surface area contributed by atoms with Crippen LogP contribution in [0.5, 0.6) is 0 Å². The van der Waals surface area contributed by atoms with Gasteiger partial charge in [-0.3, -0.25) is 4.79 Å². The standard InChI is InChI=1S/C18H18N4O3S/c1-21(8-15-6-7-26-11-15)17(23)10-25-18(24)16-4-2-14(3-5-16)9-22-13-19-12-20-22/h2-7,11-13H,8-10H2,1H3. The molecule has 0 unspecified atom stereocenters. The van der Waals surface area contributed by atoms with Crippen LogP contribution in [0.1, 0.15) is 21.5 Å². The number of hydrogen-bond acceptors (Lipinski definition) is 6. The third-order valence-corrected chi connectivity index (χ3v) is 4.49. The first-order valence-electron chi connectivity index (χ1n) is 7.95. The van der Waals surface area contributed by atoms with Gasteiger partial charge in [0.15, 0.2) is 6.61 Å². The lowest BCUT2D eigenvalue weighted by molar-refractivity contribution is -0.133. The quantitative estimate of drug-likeness (QED) is 0.596. The van der Waals surface area contributed by atoms with E-state index >= 15 is 0 Å². The van der Waals surface area contributed by atoms with Gasteiger partial charge in [-0.15, -0.1) is 0 Å². The summed E-state index contributed by atoms with van der Waals surface area (Å²) in [6, 6.07) is 8.95. The van der Waals surface area contributed by atoms with Crippen LogP contribution in [0.2, 0.25) is 0 Å². The lowest BCUT2D eigenvalue weighted by Gasteiger charge is -2.16. The Balaban J connectivity index is 1.49. The first-order chi connectivity index (χ1) is 12.6. The van der Waals surface area contributed by atoms with E-state index in [4.69, 9.17) is 4.74 Å². The fourth-order valence-electron chi connectivity index (χ4n) is 2.31. The number of hydrogen-bond donors (Lipinski definition) is 0. The molecule has 3 rings (SSSR count). The molecule has 1 amide bonds. The largest absolute Gasteiger partial charge is 0.452 e. The summed E-state index contributed by atoms with van der Waals surface area (Å²) in [6.07, 6.45) is 3.10. The van der Waals surface area contributed by atoms with Crippen LogP contribution in [0.4, 0.5) is 0 Å². The minimum Gasteiger partial charge on any atom is -0.452 e. The molecule has 0 radical (unpaired) electrons. The monoisotopic (exact) mass is 370 g/mol. The van der Waals surface area contributed by atoms with Crippen LogP contribution in [0.3, 0.4) is 0 Å². The average Bonchev–Trinajstić information content (AvgIpc) is 3.34. The highest BCUT2D eigenvalue weighted by molar-refractivity contribution is 7.07. The molecule has 0 spiro atoms. The van der Waals surface area contributed by atoms with Crippen molar-refractivity contribution >= 4 is 23.2 Å². The van der Waals surface area contributed by atoms with E-state index in [2.05, 4.69) is 10.1 Å². The normalized spacial score (nSPS) is 10.5. The summed E-state index contributed by atoms with van der Waals surface area (Å²) >= 11 is 1.58. The van der Waals surface area contributed by atoms with Crippen molar-refractivity contribution in [1.82, 2.24) is 19.7 Å². The van der Waals surface area contributed by atoms with E-state index in [9.17, 15) is 9.59 Å².